The molecule has 0 spiro atoms. The number of hydrogen-bond acceptors (Lipinski definition) is 3. The Bertz CT molecular complexity index is 399. The summed E-state index contributed by atoms with van der Waals surface area (Å²) < 4.78 is 0. The number of rotatable bonds is 6. The Kier molecular flexibility index (Phi) is 5.02. The smallest absolute Gasteiger partial charge is 0.113 e. The lowest BCUT2D eigenvalue weighted by Crippen LogP contribution is -2.40. The Morgan fingerprint density at radius 2 is 2.26 bits per heavy atom. The fourth-order valence-electron chi connectivity index (χ4n) is 3.06. The molecule has 0 bridgehead atoms. The van der Waals surface area contributed by atoms with E-state index in [-0.39, 0.29) is 5.54 Å². The first kappa shape index (κ1) is 15.0. The Balaban J connectivity index is 2.21. The van der Waals surface area contributed by atoms with E-state index in [1.54, 1.807) is 0 Å². The molecule has 1 N–H and O–H groups in total. The molecule has 2 unspecified atom stereocenters. The molecular formula is C16H28N2S. The molecule has 1 fully saturated rings. The van der Waals surface area contributed by atoms with Crippen LogP contribution < -0.4 is 5.32 Å². The molecule has 0 radical (unpaired) electrons. The highest BCUT2D eigenvalue weighted by atomic mass is 32.1. The molecule has 1 aliphatic rings. The van der Waals surface area contributed by atoms with E-state index in [0.717, 1.165) is 12.5 Å². The maximum absolute atomic E-state index is 4.94. The zero-order chi connectivity index (χ0) is 13.9. The van der Waals surface area contributed by atoms with E-state index in [1.807, 2.05) is 11.3 Å². The third-order valence-electron chi connectivity index (χ3n) is 4.43. The van der Waals surface area contributed by atoms with Gasteiger partial charge in [-0.1, -0.05) is 34.1 Å². The van der Waals surface area contributed by atoms with Gasteiger partial charge in [0.2, 0.25) is 0 Å². The molecule has 0 amide bonds. The van der Waals surface area contributed by atoms with Crippen LogP contribution in [-0.4, -0.2) is 11.5 Å². The summed E-state index contributed by atoms with van der Waals surface area (Å²) in [5.41, 5.74) is 1.44. The van der Waals surface area contributed by atoms with E-state index < -0.39 is 0 Å². The summed E-state index contributed by atoms with van der Waals surface area (Å²) in [7, 11) is 0. The van der Waals surface area contributed by atoms with Crippen molar-refractivity contribution < 1.29 is 0 Å². The van der Waals surface area contributed by atoms with Gasteiger partial charge in [-0.3, -0.25) is 0 Å². The fraction of sp³-hybridized carbons (Fsp3) is 0.812. The summed E-state index contributed by atoms with van der Waals surface area (Å²) in [6, 6.07) is 0. The van der Waals surface area contributed by atoms with Crippen molar-refractivity contribution in [2.45, 2.75) is 71.3 Å². The van der Waals surface area contributed by atoms with Crippen LogP contribution in [0.2, 0.25) is 0 Å². The second-order valence-electron chi connectivity index (χ2n) is 6.26. The molecular weight excluding hydrogens is 252 g/mol. The van der Waals surface area contributed by atoms with E-state index in [1.165, 1.54) is 42.8 Å². The van der Waals surface area contributed by atoms with Gasteiger partial charge < -0.3 is 5.32 Å². The van der Waals surface area contributed by atoms with Crippen molar-refractivity contribution in [3.8, 4) is 0 Å². The van der Waals surface area contributed by atoms with Crippen LogP contribution in [0, 0.1) is 5.92 Å². The minimum atomic E-state index is 0.175. The van der Waals surface area contributed by atoms with Crippen LogP contribution in [0.25, 0.3) is 0 Å². The molecule has 0 aromatic carbocycles. The summed E-state index contributed by atoms with van der Waals surface area (Å²) in [6.45, 7) is 10.1. The molecule has 19 heavy (non-hydrogen) atoms. The van der Waals surface area contributed by atoms with Crippen molar-refractivity contribution >= 4 is 11.3 Å². The van der Waals surface area contributed by atoms with Crippen LogP contribution in [-0.2, 0) is 5.54 Å². The zero-order valence-electron chi connectivity index (χ0n) is 12.8. The van der Waals surface area contributed by atoms with Crippen molar-refractivity contribution in [1.82, 2.24) is 10.3 Å². The van der Waals surface area contributed by atoms with Gasteiger partial charge in [-0.15, -0.1) is 11.3 Å². The van der Waals surface area contributed by atoms with Crippen LogP contribution in [0.1, 0.15) is 76.4 Å². The summed E-state index contributed by atoms with van der Waals surface area (Å²) in [5.74, 6) is 1.41. The predicted molar refractivity (Wildman–Crippen MR) is 83.8 cm³/mol. The fourth-order valence-corrected chi connectivity index (χ4v) is 4.26. The molecule has 1 heterocycles. The van der Waals surface area contributed by atoms with Crippen molar-refractivity contribution in [3.63, 3.8) is 0 Å². The Labute approximate surface area is 122 Å². The highest BCUT2D eigenvalue weighted by Crippen LogP contribution is 2.44. The minimum absolute atomic E-state index is 0.175. The molecule has 0 aliphatic heterocycles. The third-order valence-corrected chi connectivity index (χ3v) is 5.49. The van der Waals surface area contributed by atoms with Crippen LogP contribution in [0.3, 0.4) is 0 Å². The lowest BCUT2D eigenvalue weighted by Gasteiger charge is -2.29. The number of hydrogen-bond donors (Lipinski definition) is 1. The van der Waals surface area contributed by atoms with Crippen LogP contribution in [0.5, 0.6) is 0 Å². The van der Waals surface area contributed by atoms with Gasteiger partial charge in [0.15, 0.2) is 0 Å². The van der Waals surface area contributed by atoms with Crippen molar-refractivity contribution in [1.29, 1.82) is 0 Å². The molecule has 1 aliphatic carbocycles. The van der Waals surface area contributed by atoms with Crippen LogP contribution in [0.15, 0.2) is 5.38 Å². The Hall–Kier alpha value is -0.410. The summed E-state index contributed by atoms with van der Waals surface area (Å²) >= 11 is 1.86. The zero-order valence-corrected chi connectivity index (χ0v) is 13.6. The lowest BCUT2D eigenvalue weighted by molar-refractivity contribution is 0.324. The molecule has 3 heteroatoms. The largest absolute Gasteiger partial charge is 0.305 e. The van der Waals surface area contributed by atoms with E-state index in [4.69, 9.17) is 4.98 Å². The summed E-state index contributed by atoms with van der Waals surface area (Å²) in [4.78, 5) is 4.94. The van der Waals surface area contributed by atoms with Crippen LogP contribution >= 0.6 is 11.3 Å². The molecule has 2 rings (SSSR count). The second-order valence-corrected chi connectivity index (χ2v) is 7.12. The Morgan fingerprint density at radius 1 is 1.47 bits per heavy atom. The SMILES string of the molecule is CCCNC1(c2nc(C(C)C)cs2)CCC(CC)C1. The lowest BCUT2D eigenvalue weighted by atomic mass is 9.95. The van der Waals surface area contributed by atoms with Gasteiger partial charge in [-0.05, 0) is 44.1 Å². The third kappa shape index (κ3) is 3.19. The van der Waals surface area contributed by atoms with E-state index in [9.17, 15) is 0 Å². The minimum Gasteiger partial charge on any atom is -0.305 e. The first-order valence-corrected chi connectivity index (χ1v) is 8.70. The van der Waals surface area contributed by atoms with Crippen molar-refractivity contribution in [2.24, 2.45) is 5.92 Å². The Morgan fingerprint density at radius 3 is 2.79 bits per heavy atom. The molecule has 108 valence electrons. The van der Waals surface area contributed by atoms with Gasteiger partial charge in [0.1, 0.15) is 5.01 Å². The van der Waals surface area contributed by atoms with Gasteiger partial charge in [0, 0.05) is 5.38 Å². The molecule has 1 aromatic rings. The molecule has 0 saturated heterocycles. The summed E-state index contributed by atoms with van der Waals surface area (Å²) in [5, 5.41) is 7.42. The standard InChI is InChI=1S/C16H28N2S/c1-5-9-17-16(8-7-13(6-2)10-16)15-18-14(11-19-15)12(3)4/h11-13,17H,5-10H2,1-4H3. The predicted octanol–water partition coefficient (Wildman–Crippen LogP) is 4.67. The normalized spacial score (nSPS) is 27.3. The van der Waals surface area contributed by atoms with E-state index >= 15 is 0 Å². The van der Waals surface area contributed by atoms with E-state index in [0.29, 0.717) is 5.92 Å². The number of nitrogens with zero attached hydrogens (tertiary/aromatic N) is 1. The first-order chi connectivity index (χ1) is 9.11. The maximum Gasteiger partial charge on any atom is 0.113 e. The first-order valence-electron chi connectivity index (χ1n) is 7.82. The number of thiazole rings is 1. The average Bonchev–Trinajstić information content (AvgIpc) is 3.04. The molecule has 1 saturated carbocycles. The maximum atomic E-state index is 4.94. The van der Waals surface area contributed by atoms with Gasteiger partial charge in [0.05, 0.1) is 11.2 Å². The van der Waals surface area contributed by atoms with E-state index in [2.05, 4.69) is 38.4 Å². The van der Waals surface area contributed by atoms with Crippen LogP contribution in [0.4, 0.5) is 0 Å². The number of aromatic nitrogens is 1. The highest BCUT2D eigenvalue weighted by molar-refractivity contribution is 7.09. The number of nitrogens with one attached hydrogen (secondary N) is 1. The topological polar surface area (TPSA) is 24.9 Å². The average molecular weight is 280 g/mol. The van der Waals surface area contributed by atoms with Gasteiger partial charge in [0.25, 0.3) is 0 Å². The van der Waals surface area contributed by atoms with Gasteiger partial charge in [-0.2, -0.15) is 0 Å². The van der Waals surface area contributed by atoms with Crippen molar-refractivity contribution in [2.75, 3.05) is 6.54 Å². The van der Waals surface area contributed by atoms with Gasteiger partial charge in [-0.25, -0.2) is 4.98 Å². The molecule has 1 aromatic heterocycles. The second kappa shape index (κ2) is 6.36. The molecule has 2 nitrogen and oxygen atoms in total. The summed E-state index contributed by atoms with van der Waals surface area (Å²) in [6.07, 6.45) is 6.38. The van der Waals surface area contributed by atoms with Gasteiger partial charge >= 0.3 is 0 Å². The monoisotopic (exact) mass is 280 g/mol. The van der Waals surface area contributed by atoms with Crippen molar-refractivity contribution in [3.05, 3.63) is 16.1 Å². The molecule has 2 atom stereocenters. The highest BCUT2D eigenvalue weighted by Gasteiger charge is 2.41. The quantitative estimate of drug-likeness (QED) is 0.819.